The van der Waals surface area contributed by atoms with Crippen molar-refractivity contribution in [1.82, 2.24) is 9.21 Å². The summed E-state index contributed by atoms with van der Waals surface area (Å²) in [5.41, 5.74) is 6.51. The summed E-state index contributed by atoms with van der Waals surface area (Å²) in [5, 5.41) is 0. The van der Waals surface area contributed by atoms with Crippen LogP contribution in [-0.4, -0.2) is 50.3 Å². The standard InChI is InChI=1S/C15H25N3O2S/c1-3-14-12-17(2)9-4-10-18(14)21(19,20)15-7-5-13(11-16)6-8-15/h5-8,14H,3-4,9-12,16H2,1-2H3. The molecule has 5 nitrogen and oxygen atoms in total. The Morgan fingerprint density at radius 1 is 1.24 bits per heavy atom. The number of nitrogens with two attached hydrogens (primary N) is 1. The molecule has 1 heterocycles. The molecule has 1 saturated heterocycles. The number of benzene rings is 1. The van der Waals surface area contributed by atoms with E-state index in [1.54, 1.807) is 28.6 Å². The number of sulfonamides is 1. The van der Waals surface area contributed by atoms with E-state index >= 15 is 0 Å². The van der Waals surface area contributed by atoms with Gasteiger partial charge in [-0.15, -0.1) is 0 Å². The highest BCUT2D eigenvalue weighted by atomic mass is 32.2. The molecule has 0 bridgehead atoms. The molecule has 0 saturated carbocycles. The van der Waals surface area contributed by atoms with Gasteiger partial charge in [0.15, 0.2) is 0 Å². The summed E-state index contributed by atoms with van der Waals surface area (Å²) in [4.78, 5) is 2.57. The highest BCUT2D eigenvalue weighted by Crippen LogP contribution is 2.23. The van der Waals surface area contributed by atoms with Gasteiger partial charge in [-0.05, 0) is 44.1 Å². The molecule has 1 aliphatic rings. The molecule has 1 aromatic rings. The second-order valence-corrected chi connectivity index (χ2v) is 7.53. The van der Waals surface area contributed by atoms with E-state index in [1.807, 2.05) is 6.92 Å². The average Bonchev–Trinajstić information content (AvgIpc) is 2.68. The summed E-state index contributed by atoms with van der Waals surface area (Å²) in [7, 11) is -1.38. The molecular formula is C15H25N3O2S. The van der Waals surface area contributed by atoms with Gasteiger partial charge in [0.2, 0.25) is 10.0 Å². The third-order valence-electron chi connectivity index (χ3n) is 4.08. The maximum absolute atomic E-state index is 12.9. The third-order valence-corrected chi connectivity index (χ3v) is 6.05. The van der Waals surface area contributed by atoms with Gasteiger partial charge < -0.3 is 10.6 Å². The smallest absolute Gasteiger partial charge is 0.243 e. The van der Waals surface area contributed by atoms with Crippen LogP contribution in [0, 0.1) is 0 Å². The van der Waals surface area contributed by atoms with Gasteiger partial charge in [-0.25, -0.2) is 8.42 Å². The minimum atomic E-state index is -3.43. The van der Waals surface area contributed by atoms with Crippen molar-refractivity contribution in [3.8, 4) is 0 Å². The second kappa shape index (κ2) is 6.87. The van der Waals surface area contributed by atoms with Crippen LogP contribution in [0.2, 0.25) is 0 Å². The second-order valence-electron chi connectivity index (χ2n) is 5.64. The van der Waals surface area contributed by atoms with Crippen LogP contribution in [0.4, 0.5) is 0 Å². The molecule has 1 unspecified atom stereocenters. The van der Waals surface area contributed by atoms with Crippen molar-refractivity contribution < 1.29 is 8.42 Å². The molecule has 0 aromatic heterocycles. The van der Waals surface area contributed by atoms with Crippen LogP contribution in [0.15, 0.2) is 29.2 Å². The third kappa shape index (κ3) is 3.63. The number of hydrogen-bond acceptors (Lipinski definition) is 4. The fraction of sp³-hybridized carbons (Fsp3) is 0.600. The lowest BCUT2D eigenvalue weighted by molar-refractivity contribution is 0.270. The Labute approximate surface area is 127 Å². The normalized spacial score (nSPS) is 22.1. The molecule has 1 aromatic carbocycles. The largest absolute Gasteiger partial charge is 0.326 e. The van der Waals surface area contributed by atoms with Gasteiger partial charge in [0.25, 0.3) is 0 Å². The van der Waals surface area contributed by atoms with Crippen molar-refractivity contribution in [2.75, 3.05) is 26.7 Å². The van der Waals surface area contributed by atoms with Gasteiger partial charge in [0, 0.05) is 25.7 Å². The van der Waals surface area contributed by atoms with Crippen molar-refractivity contribution in [2.24, 2.45) is 5.73 Å². The predicted octanol–water partition coefficient (Wildman–Crippen LogP) is 1.25. The lowest BCUT2D eigenvalue weighted by atomic mass is 10.2. The molecule has 2 rings (SSSR count). The Morgan fingerprint density at radius 3 is 2.48 bits per heavy atom. The van der Waals surface area contributed by atoms with Crippen LogP contribution in [0.25, 0.3) is 0 Å². The molecule has 6 heteroatoms. The fourth-order valence-corrected chi connectivity index (χ4v) is 4.53. The zero-order chi connectivity index (χ0) is 15.5. The number of hydrogen-bond donors (Lipinski definition) is 1. The zero-order valence-corrected chi connectivity index (χ0v) is 13.6. The van der Waals surface area contributed by atoms with Crippen LogP contribution >= 0.6 is 0 Å². The SMILES string of the molecule is CCC1CN(C)CCCN1S(=O)(=O)c1ccc(CN)cc1. The van der Waals surface area contributed by atoms with Crippen molar-refractivity contribution in [2.45, 2.75) is 37.2 Å². The summed E-state index contributed by atoms with van der Waals surface area (Å²) in [5.74, 6) is 0. The van der Waals surface area contributed by atoms with Gasteiger partial charge in [-0.1, -0.05) is 19.1 Å². The van der Waals surface area contributed by atoms with Crippen molar-refractivity contribution >= 4 is 10.0 Å². The van der Waals surface area contributed by atoms with Gasteiger partial charge in [-0.2, -0.15) is 4.31 Å². The fourth-order valence-electron chi connectivity index (χ4n) is 2.80. The van der Waals surface area contributed by atoms with E-state index in [9.17, 15) is 8.42 Å². The van der Waals surface area contributed by atoms with E-state index < -0.39 is 10.0 Å². The first-order valence-electron chi connectivity index (χ1n) is 7.48. The van der Waals surface area contributed by atoms with Gasteiger partial charge in [0.1, 0.15) is 0 Å². The molecule has 118 valence electrons. The van der Waals surface area contributed by atoms with E-state index in [1.165, 1.54) is 0 Å². The first-order chi connectivity index (χ1) is 9.98. The van der Waals surface area contributed by atoms with Gasteiger partial charge in [-0.3, -0.25) is 0 Å². The number of rotatable bonds is 4. The predicted molar refractivity (Wildman–Crippen MR) is 84.4 cm³/mol. The molecular weight excluding hydrogens is 286 g/mol. The Hall–Kier alpha value is -0.950. The minimum Gasteiger partial charge on any atom is -0.326 e. The highest BCUT2D eigenvalue weighted by molar-refractivity contribution is 7.89. The summed E-state index contributed by atoms with van der Waals surface area (Å²) >= 11 is 0. The van der Waals surface area contributed by atoms with Crippen LogP contribution in [-0.2, 0) is 16.6 Å². The maximum atomic E-state index is 12.9. The van der Waals surface area contributed by atoms with E-state index in [0.717, 1.165) is 31.5 Å². The van der Waals surface area contributed by atoms with E-state index in [0.29, 0.717) is 18.0 Å². The summed E-state index contributed by atoms with van der Waals surface area (Å²) in [6.45, 7) is 4.78. The minimum absolute atomic E-state index is 0.0386. The molecule has 0 radical (unpaired) electrons. The van der Waals surface area contributed by atoms with Crippen LogP contribution in [0.3, 0.4) is 0 Å². The molecule has 1 fully saturated rings. The lowest BCUT2D eigenvalue weighted by Gasteiger charge is -2.29. The zero-order valence-electron chi connectivity index (χ0n) is 12.8. The maximum Gasteiger partial charge on any atom is 0.243 e. The summed E-state index contributed by atoms with van der Waals surface area (Å²) in [6, 6.07) is 6.95. The molecule has 1 aliphatic heterocycles. The number of likely N-dealkylation sites (N-methyl/N-ethyl adjacent to an activating group) is 1. The summed E-state index contributed by atoms with van der Waals surface area (Å²) in [6.07, 6.45) is 1.69. The Morgan fingerprint density at radius 2 is 1.90 bits per heavy atom. The van der Waals surface area contributed by atoms with Gasteiger partial charge in [0.05, 0.1) is 4.90 Å². The Kier molecular flexibility index (Phi) is 5.37. The van der Waals surface area contributed by atoms with E-state index in [2.05, 4.69) is 11.9 Å². The monoisotopic (exact) mass is 311 g/mol. The van der Waals surface area contributed by atoms with E-state index in [4.69, 9.17) is 5.73 Å². The average molecular weight is 311 g/mol. The van der Waals surface area contributed by atoms with Crippen molar-refractivity contribution in [3.63, 3.8) is 0 Å². The molecule has 0 amide bonds. The van der Waals surface area contributed by atoms with E-state index in [-0.39, 0.29) is 6.04 Å². The Balaban J connectivity index is 2.31. The first-order valence-corrected chi connectivity index (χ1v) is 8.92. The van der Waals surface area contributed by atoms with Crippen LogP contribution in [0.1, 0.15) is 25.3 Å². The molecule has 0 spiro atoms. The lowest BCUT2D eigenvalue weighted by Crippen LogP contribution is -2.43. The molecule has 2 N–H and O–H groups in total. The van der Waals surface area contributed by atoms with Crippen molar-refractivity contribution in [1.29, 1.82) is 0 Å². The molecule has 0 aliphatic carbocycles. The number of nitrogens with zero attached hydrogens (tertiary/aromatic N) is 2. The quantitative estimate of drug-likeness (QED) is 0.909. The topological polar surface area (TPSA) is 66.6 Å². The summed E-state index contributed by atoms with van der Waals surface area (Å²) < 4.78 is 27.5. The van der Waals surface area contributed by atoms with Crippen LogP contribution in [0.5, 0.6) is 0 Å². The molecule has 21 heavy (non-hydrogen) atoms. The van der Waals surface area contributed by atoms with Crippen LogP contribution < -0.4 is 5.73 Å². The van der Waals surface area contributed by atoms with Gasteiger partial charge >= 0.3 is 0 Å². The Bertz CT molecular complexity index is 557. The first kappa shape index (κ1) is 16.4. The molecule has 1 atom stereocenters. The highest BCUT2D eigenvalue weighted by Gasteiger charge is 2.32. The van der Waals surface area contributed by atoms with Crippen molar-refractivity contribution in [3.05, 3.63) is 29.8 Å².